The van der Waals surface area contributed by atoms with Gasteiger partial charge in [0.15, 0.2) is 0 Å². The molecule has 1 aliphatic heterocycles. The van der Waals surface area contributed by atoms with Gasteiger partial charge in [-0.05, 0) is 18.5 Å². The van der Waals surface area contributed by atoms with E-state index in [2.05, 4.69) is 9.97 Å². The van der Waals surface area contributed by atoms with Crippen LogP contribution in [-0.4, -0.2) is 50.4 Å². The molecule has 0 unspecified atom stereocenters. The minimum Gasteiger partial charge on any atom is -0.377 e. The Labute approximate surface area is 116 Å². The summed E-state index contributed by atoms with van der Waals surface area (Å²) in [5.74, 6) is 0.436. The van der Waals surface area contributed by atoms with Crippen molar-refractivity contribution in [2.45, 2.75) is 13.0 Å². The van der Waals surface area contributed by atoms with Gasteiger partial charge in [0.2, 0.25) is 11.2 Å². The average Bonchev–Trinajstić information content (AvgIpc) is 2.26. The molecule has 0 aromatic carbocycles. The van der Waals surface area contributed by atoms with Gasteiger partial charge in [-0.15, -0.1) is 0 Å². The lowest BCUT2D eigenvalue weighted by molar-refractivity contribution is 0.0985. The van der Waals surface area contributed by atoms with Crippen LogP contribution in [0.2, 0.25) is 5.28 Å². The molecule has 1 aromatic rings. The molecule has 1 aliphatic rings. The third-order valence-corrected chi connectivity index (χ3v) is 3.20. The summed E-state index contributed by atoms with van der Waals surface area (Å²) in [4.78, 5) is 9.79. The van der Waals surface area contributed by atoms with Gasteiger partial charge in [0.05, 0.1) is 25.5 Å². The van der Waals surface area contributed by atoms with Crippen LogP contribution in [-0.2, 0) is 14.9 Å². The number of hydrogen-bond donors (Lipinski definition) is 0. The van der Waals surface area contributed by atoms with Gasteiger partial charge in [0.1, 0.15) is 5.82 Å². The molecule has 1 fully saturated rings. The van der Waals surface area contributed by atoms with E-state index in [1.54, 1.807) is 0 Å². The number of hydrogen-bond acceptors (Lipinski definition) is 7. The molecule has 9 heteroatoms. The summed E-state index contributed by atoms with van der Waals surface area (Å²) in [5.41, 5.74) is 0. The van der Waals surface area contributed by atoms with Crippen LogP contribution in [0.5, 0.6) is 5.88 Å². The van der Waals surface area contributed by atoms with E-state index in [-0.39, 0.29) is 17.2 Å². The van der Waals surface area contributed by atoms with Crippen LogP contribution in [0.15, 0.2) is 6.07 Å². The average molecular weight is 308 g/mol. The Balaban J connectivity index is 2.30. The van der Waals surface area contributed by atoms with E-state index in [1.165, 1.54) is 6.07 Å². The van der Waals surface area contributed by atoms with E-state index in [1.807, 2.05) is 11.8 Å². The summed E-state index contributed by atoms with van der Waals surface area (Å²) in [5, 5.41) is -0.0603. The zero-order valence-electron chi connectivity index (χ0n) is 10.5. The molecule has 0 amide bonds. The summed E-state index contributed by atoms with van der Waals surface area (Å²) in [6, 6.07) is 1.57. The topological polar surface area (TPSA) is 81.6 Å². The van der Waals surface area contributed by atoms with Crippen molar-refractivity contribution < 1.29 is 17.3 Å². The quantitative estimate of drug-likeness (QED) is 0.600. The molecule has 2 heterocycles. The van der Waals surface area contributed by atoms with Crippen molar-refractivity contribution in [2.75, 3.05) is 30.9 Å². The molecule has 19 heavy (non-hydrogen) atoms. The molecule has 1 atom stereocenters. The third-order valence-electron chi connectivity index (χ3n) is 2.56. The SMILES string of the molecule is C[C@@H]1COCCN1c1cc(OS(C)(=O)=O)nc(Cl)n1. The molecule has 0 spiro atoms. The smallest absolute Gasteiger partial charge is 0.307 e. The number of morpholine rings is 1. The molecule has 2 rings (SSSR count). The molecule has 0 radical (unpaired) electrons. The number of rotatable bonds is 3. The number of halogens is 1. The predicted molar refractivity (Wildman–Crippen MR) is 70.1 cm³/mol. The van der Waals surface area contributed by atoms with E-state index in [9.17, 15) is 8.42 Å². The van der Waals surface area contributed by atoms with Crippen LogP contribution in [0.25, 0.3) is 0 Å². The Hall–Kier alpha value is -1.12. The third kappa shape index (κ3) is 3.92. The number of anilines is 1. The fraction of sp³-hybridized carbons (Fsp3) is 0.600. The molecule has 0 aliphatic carbocycles. The second kappa shape index (κ2) is 5.48. The van der Waals surface area contributed by atoms with E-state index >= 15 is 0 Å². The molecule has 0 saturated carbocycles. The Morgan fingerprint density at radius 3 is 2.89 bits per heavy atom. The highest BCUT2D eigenvalue weighted by atomic mass is 35.5. The Morgan fingerprint density at radius 1 is 1.53 bits per heavy atom. The normalized spacial score (nSPS) is 20.4. The van der Waals surface area contributed by atoms with Crippen LogP contribution in [0.4, 0.5) is 5.82 Å². The maximum absolute atomic E-state index is 11.1. The fourth-order valence-electron chi connectivity index (χ4n) is 1.80. The minimum atomic E-state index is -3.65. The Bertz CT molecular complexity index is 566. The van der Waals surface area contributed by atoms with Crippen LogP contribution >= 0.6 is 11.6 Å². The van der Waals surface area contributed by atoms with Gasteiger partial charge >= 0.3 is 10.1 Å². The monoisotopic (exact) mass is 307 g/mol. The molecule has 106 valence electrons. The lowest BCUT2D eigenvalue weighted by Gasteiger charge is -2.34. The zero-order valence-corrected chi connectivity index (χ0v) is 12.1. The van der Waals surface area contributed by atoms with Crippen LogP contribution < -0.4 is 9.08 Å². The van der Waals surface area contributed by atoms with Crippen molar-refractivity contribution >= 4 is 27.5 Å². The van der Waals surface area contributed by atoms with Crippen molar-refractivity contribution in [1.29, 1.82) is 0 Å². The maximum Gasteiger partial charge on any atom is 0.307 e. The van der Waals surface area contributed by atoms with Crippen molar-refractivity contribution in [1.82, 2.24) is 9.97 Å². The van der Waals surface area contributed by atoms with Gasteiger partial charge in [-0.2, -0.15) is 13.4 Å². The number of ether oxygens (including phenoxy) is 1. The molecule has 0 N–H and O–H groups in total. The van der Waals surface area contributed by atoms with Gasteiger partial charge in [0, 0.05) is 12.6 Å². The van der Waals surface area contributed by atoms with Crippen LogP contribution in [0.3, 0.4) is 0 Å². The van der Waals surface area contributed by atoms with Crippen molar-refractivity contribution in [3.63, 3.8) is 0 Å². The summed E-state index contributed by atoms with van der Waals surface area (Å²) in [6.45, 7) is 3.78. The first-order valence-corrected chi connectivity index (χ1v) is 7.83. The molecule has 7 nitrogen and oxygen atoms in total. The van der Waals surface area contributed by atoms with E-state index in [0.29, 0.717) is 25.6 Å². The lowest BCUT2D eigenvalue weighted by atomic mass is 10.2. The van der Waals surface area contributed by atoms with Crippen molar-refractivity contribution in [3.05, 3.63) is 11.3 Å². The van der Waals surface area contributed by atoms with Gasteiger partial charge in [-0.3, -0.25) is 0 Å². The molecule has 0 bridgehead atoms. The van der Waals surface area contributed by atoms with Gasteiger partial charge in [0.25, 0.3) is 0 Å². The first kappa shape index (κ1) is 14.3. The summed E-state index contributed by atoms with van der Waals surface area (Å²) in [6.07, 6.45) is 0.944. The Kier molecular flexibility index (Phi) is 4.12. The molecular formula is C10H14ClN3O4S. The zero-order chi connectivity index (χ0) is 14.0. The highest BCUT2D eigenvalue weighted by Crippen LogP contribution is 2.23. The first-order chi connectivity index (χ1) is 8.85. The molecular weight excluding hydrogens is 294 g/mol. The van der Waals surface area contributed by atoms with E-state index < -0.39 is 10.1 Å². The minimum absolute atomic E-state index is 0.0603. The Morgan fingerprint density at radius 2 is 2.26 bits per heavy atom. The number of nitrogens with zero attached hydrogens (tertiary/aromatic N) is 3. The van der Waals surface area contributed by atoms with Crippen molar-refractivity contribution in [3.8, 4) is 5.88 Å². The van der Waals surface area contributed by atoms with E-state index in [4.69, 9.17) is 20.5 Å². The van der Waals surface area contributed by atoms with Gasteiger partial charge in [-0.25, -0.2) is 4.98 Å². The first-order valence-electron chi connectivity index (χ1n) is 5.63. The second-order valence-corrected chi connectivity index (χ2v) is 6.15. The van der Waals surface area contributed by atoms with Crippen molar-refractivity contribution in [2.24, 2.45) is 0 Å². The second-order valence-electron chi connectivity index (χ2n) is 4.24. The highest BCUT2D eigenvalue weighted by Gasteiger charge is 2.22. The molecule has 1 aromatic heterocycles. The van der Waals surface area contributed by atoms with Gasteiger partial charge < -0.3 is 13.8 Å². The standard InChI is InChI=1S/C10H14ClN3O4S/c1-7-6-17-4-3-14(7)8-5-9(13-10(11)12-8)18-19(2,15)16/h5,7H,3-4,6H2,1-2H3/t7-/m1/s1. The van der Waals surface area contributed by atoms with Gasteiger partial charge in [-0.1, -0.05) is 0 Å². The highest BCUT2D eigenvalue weighted by molar-refractivity contribution is 7.86. The molecule has 1 saturated heterocycles. The largest absolute Gasteiger partial charge is 0.377 e. The van der Waals surface area contributed by atoms with Crippen LogP contribution in [0.1, 0.15) is 6.92 Å². The predicted octanol–water partition coefficient (Wildman–Crippen LogP) is 0.694. The maximum atomic E-state index is 11.1. The summed E-state index contributed by atoms with van der Waals surface area (Å²) in [7, 11) is -3.65. The van der Waals surface area contributed by atoms with Crippen LogP contribution in [0, 0.1) is 0 Å². The lowest BCUT2D eigenvalue weighted by Crippen LogP contribution is -2.44. The summed E-state index contributed by atoms with van der Waals surface area (Å²) < 4.78 is 32.3. The summed E-state index contributed by atoms with van der Waals surface area (Å²) >= 11 is 5.79. The number of aromatic nitrogens is 2. The fourth-order valence-corrected chi connectivity index (χ4v) is 2.36. The van der Waals surface area contributed by atoms with E-state index in [0.717, 1.165) is 6.26 Å².